The fourth-order valence-electron chi connectivity index (χ4n) is 2.17. The van der Waals surface area contributed by atoms with Crippen LogP contribution in [0.25, 0.3) is 11.0 Å². The van der Waals surface area contributed by atoms with Crippen molar-refractivity contribution in [3.8, 4) is 0 Å². The summed E-state index contributed by atoms with van der Waals surface area (Å²) >= 11 is 6.01. The molecule has 0 bridgehead atoms. The number of fused-ring (bicyclic) bond motifs is 1. The average molecular weight is 280 g/mol. The largest absolute Gasteiger partial charge is 0.461 e. The predicted molar refractivity (Wildman–Crippen MR) is 82.0 cm³/mol. The molecule has 0 amide bonds. The molecule has 0 saturated carbocycles. The van der Waals surface area contributed by atoms with E-state index in [9.17, 15) is 0 Å². The Bertz CT molecular complexity index is 545. The third kappa shape index (κ3) is 3.52. The molecule has 19 heavy (non-hydrogen) atoms. The maximum Gasteiger partial charge on any atom is 0.134 e. The van der Waals surface area contributed by atoms with E-state index in [1.54, 1.807) is 0 Å². The SMILES string of the molecule is CCCNCCC(C)(C)c1cc2cc(Cl)ccc2o1. The molecular weight excluding hydrogens is 258 g/mol. The van der Waals surface area contributed by atoms with Crippen LogP contribution < -0.4 is 5.32 Å². The van der Waals surface area contributed by atoms with E-state index >= 15 is 0 Å². The molecule has 3 heteroatoms. The van der Waals surface area contributed by atoms with E-state index < -0.39 is 0 Å². The Balaban J connectivity index is 2.13. The van der Waals surface area contributed by atoms with Gasteiger partial charge in [0.15, 0.2) is 0 Å². The lowest BCUT2D eigenvalue weighted by Crippen LogP contribution is -2.25. The highest BCUT2D eigenvalue weighted by Gasteiger charge is 2.24. The van der Waals surface area contributed by atoms with Gasteiger partial charge in [-0.3, -0.25) is 0 Å². The molecule has 0 aliphatic heterocycles. The fourth-order valence-corrected chi connectivity index (χ4v) is 2.35. The van der Waals surface area contributed by atoms with Crippen molar-refractivity contribution >= 4 is 22.6 Å². The van der Waals surface area contributed by atoms with E-state index in [4.69, 9.17) is 16.0 Å². The third-order valence-corrected chi connectivity index (χ3v) is 3.73. The molecule has 0 aliphatic rings. The normalized spacial score (nSPS) is 12.2. The van der Waals surface area contributed by atoms with Gasteiger partial charge in [0.2, 0.25) is 0 Å². The lowest BCUT2D eigenvalue weighted by Gasteiger charge is -2.22. The van der Waals surface area contributed by atoms with E-state index in [2.05, 4.69) is 32.2 Å². The molecule has 0 unspecified atom stereocenters. The molecule has 0 fully saturated rings. The molecule has 104 valence electrons. The van der Waals surface area contributed by atoms with Crippen LogP contribution >= 0.6 is 11.6 Å². The average Bonchev–Trinajstić information content (AvgIpc) is 2.78. The summed E-state index contributed by atoms with van der Waals surface area (Å²) in [6.07, 6.45) is 2.23. The number of hydrogen-bond acceptors (Lipinski definition) is 2. The van der Waals surface area contributed by atoms with Gasteiger partial charge in [0.1, 0.15) is 11.3 Å². The van der Waals surface area contributed by atoms with Crippen molar-refractivity contribution in [1.82, 2.24) is 5.32 Å². The molecule has 1 aromatic heterocycles. The molecule has 1 aromatic carbocycles. The fraction of sp³-hybridized carbons (Fsp3) is 0.500. The first-order chi connectivity index (χ1) is 9.03. The van der Waals surface area contributed by atoms with Gasteiger partial charge < -0.3 is 9.73 Å². The number of halogens is 1. The molecule has 2 aromatic rings. The molecule has 2 rings (SSSR count). The quantitative estimate of drug-likeness (QED) is 0.772. The van der Waals surface area contributed by atoms with Crippen LogP contribution in [0.4, 0.5) is 0 Å². The zero-order valence-electron chi connectivity index (χ0n) is 11.9. The second-order valence-corrected chi connectivity index (χ2v) is 6.11. The predicted octanol–water partition coefficient (Wildman–Crippen LogP) is 4.75. The maximum absolute atomic E-state index is 6.01. The Kier molecular flexibility index (Phi) is 4.54. The van der Waals surface area contributed by atoms with Crippen molar-refractivity contribution in [2.75, 3.05) is 13.1 Å². The van der Waals surface area contributed by atoms with Crippen LogP contribution in [0, 0.1) is 0 Å². The van der Waals surface area contributed by atoms with Gasteiger partial charge in [0, 0.05) is 15.8 Å². The summed E-state index contributed by atoms with van der Waals surface area (Å²) < 4.78 is 5.96. The number of benzene rings is 1. The van der Waals surface area contributed by atoms with Crippen LogP contribution in [0.2, 0.25) is 5.02 Å². The van der Waals surface area contributed by atoms with Crippen LogP contribution in [0.3, 0.4) is 0 Å². The monoisotopic (exact) mass is 279 g/mol. The minimum absolute atomic E-state index is 0.0340. The molecule has 0 spiro atoms. The lowest BCUT2D eigenvalue weighted by molar-refractivity contribution is 0.371. The second-order valence-electron chi connectivity index (χ2n) is 5.68. The highest BCUT2D eigenvalue weighted by molar-refractivity contribution is 6.31. The Hall–Kier alpha value is -0.990. The molecule has 0 atom stereocenters. The third-order valence-electron chi connectivity index (χ3n) is 3.50. The number of rotatable bonds is 6. The summed E-state index contributed by atoms with van der Waals surface area (Å²) in [5.74, 6) is 1.03. The van der Waals surface area contributed by atoms with Gasteiger partial charge in [0.25, 0.3) is 0 Å². The van der Waals surface area contributed by atoms with Crippen LogP contribution in [-0.2, 0) is 5.41 Å². The molecule has 0 aliphatic carbocycles. The van der Waals surface area contributed by atoms with Crippen molar-refractivity contribution in [3.05, 3.63) is 35.0 Å². The van der Waals surface area contributed by atoms with Gasteiger partial charge in [-0.15, -0.1) is 0 Å². The lowest BCUT2D eigenvalue weighted by atomic mass is 9.86. The van der Waals surface area contributed by atoms with E-state index in [0.29, 0.717) is 0 Å². The summed E-state index contributed by atoms with van der Waals surface area (Å²) in [6, 6.07) is 7.87. The van der Waals surface area contributed by atoms with E-state index in [1.165, 1.54) is 6.42 Å². The van der Waals surface area contributed by atoms with Gasteiger partial charge in [-0.2, -0.15) is 0 Å². The minimum atomic E-state index is 0.0340. The Morgan fingerprint density at radius 3 is 2.74 bits per heavy atom. The van der Waals surface area contributed by atoms with Crippen molar-refractivity contribution in [2.45, 2.75) is 39.0 Å². The van der Waals surface area contributed by atoms with Crippen LogP contribution in [-0.4, -0.2) is 13.1 Å². The molecule has 0 radical (unpaired) electrons. The van der Waals surface area contributed by atoms with Crippen molar-refractivity contribution in [2.24, 2.45) is 0 Å². The summed E-state index contributed by atoms with van der Waals surface area (Å²) in [4.78, 5) is 0. The zero-order chi connectivity index (χ0) is 13.9. The first-order valence-corrected chi connectivity index (χ1v) is 7.31. The molecule has 1 heterocycles. The summed E-state index contributed by atoms with van der Waals surface area (Å²) in [6.45, 7) is 8.71. The smallest absolute Gasteiger partial charge is 0.134 e. The van der Waals surface area contributed by atoms with Gasteiger partial charge in [-0.25, -0.2) is 0 Å². The van der Waals surface area contributed by atoms with Gasteiger partial charge in [-0.05, 0) is 50.2 Å². The Morgan fingerprint density at radius 1 is 1.21 bits per heavy atom. The topological polar surface area (TPSA) is 25.2 Å². The van der Waals surface area contributed by atoms with E-state index in [1.807, 2.05) is 18.2 Å². The van der Waals surface area contributed by atoms with E-state index in [0.717, 1.165) is 41.3 Å². The van der Waals surface area contributed by atoms with Gasteiger partial charge in [0.05, 0.1) is 0 Å². The van der Waals surface area contributed by atoms with Gasteiger partial charge >= 0.3 is 0 Å². The van der Waals surface area contributed by atoms with Crippen molar-refractivity contribution in [1.29, 1.82) is 0 Å². The number of nitrogens with one attached hydrogen (secondary N) is 1. The molecule has 1 N–H and O–H groups in total. The summed E-state index contributed by atoms with van der Waals surface area (Å²) in [5, 5.41) is 5.27. The molecule has 0 saturated heterocycles. The van der Waals surface area contributed by atoms with Crippen LogP contribution in [0.5, 0.6) is 0 Å². The van der Waals surface area contributed by atoms with Crippen molar-refractivity contribution < 1.29 is 4.42 Å². The molecule has 2 nitrogen and oxygen atoms in total. The van der Waals surface area contributed by atoms with Crippen LogP contribution in [0.15, 0.2) is 28.7 Å². The first-order valence-electron chi connectivity index (χ1n) is 6.93. The van der Waals surface area contributed by atoms with Gasteiger partial charge in [-0.1, -0.05) is 32.4 Å². The van der Waals surface area contributed by atoms with Crippen molar-refractivity contribution in [3.63, 3.8) is 0 Å². The number of hydrogen-bond donors (Lipinski definition) is 1. The second kappa shape index (κ2) is 5.98. The maximum atomic E-state index is 6.01. The number of furan rings is 1. The highest BCUT2D eigenvalue weighted by Crippen LogP contribution is 2.32. The standard InChI is InChI=1S/C16H22ClNO/c1-4-8-18-9-7-16(2,3)15-11-12-10-13(17)5-6-14(12)19-15/h5-6,10-11,18H,4,7-9H2,1-3H3. The Labute approximate surface area is 120 Å². The molecular formula is C16H22ClNO. The zero-order valence-corrected chi connectivity index (χ0v) is 12.7. The Morgan fingerprint density at radius 2 is 2.00 bits per heavy atom. The van der Waals surface area contributed by atoms with Crippen LogP contribution in [0.1, 0.15) is 39.4 Å². The van der Waals surface area contributed by atoms with E-state index in [-0.39, 0.29) is 5.41 Å². The summed E-state index contributed by atoms with van der Waals surface area (Å²) in [7, 11) is 0. The highest BCUT2D eigenvalue weighted by atomic mass is 35.5. The first kappa shape index (κ1) is 14.4. The minimum Gasteiger partial charge on any atom is -0.461 e. The summed E-state index contributed by atoms with van der Waals surface area (Å²) in [5.41, 5.74) is 0.945.